The molecule has 0 aliphatic rings. The Morgan fingerprint density at radius 3 is 2.59 bits per heavy atom. The molecule has 6 nitrogen and oxygen atoms in total. The van der Waals surface area contributed by atoms with Gasteiger partial charge < -0.3 is 0 Å². The molecule has 2 heterocycles. The summed E-state index contributed by atoms with van der Waals surface area (Å²) in [7, 11) is 0. The Balaban J connectivity index is 1.61. The summed E-state index contributed by atoms with van der Waals surface area (Å²) in [5.74, 6) is 0.399. The van der Waals surface area contributed by atoms with Gasteiger partial charge in [0.2, 0.25) is 0 Å². The lowest BCUT2D eigenvalue weighted by atomic mass is 10.2. The molecule has 4 aromatic rings. The molecule has 0 radical (unpaired) electrons. The van der Waals surface area contributed by atoms with Crippen LogP contribution >= 0.6 is 11.8 Å². The second kappa shape index (κ2) is 7.36. The number of aromatic amines is 1. The first-order valence-electron chi connectivity index (χ1n) is 8.19. The van der Waals surface area contributed by atoms with E-state index in [0.717, 1.165) is 10.1 Å². The van der Waals surface area contributed by atoms with Crippen LogP contribution in [0.1, 0.15) is 17.9 Å². The standard InChI is InChI=1S/C18H15F2N5OS/c19-16(20)25-14-9-5-4-8-13(14)21-15(25)11-27-18-23-22-17(26)24(18)10-12-6-2-1-3-7-12/h1-9,16H,10-11H2,(H,22,26). The van der Waals surface area contributed by atoms with Crippen molar-refractivity contribution in [2.45, 2.75) is 24.0 Å². The molecule has 0 bridgehead atoms. The Kier molecular flexibility index (Phi) is 4.76. The van der Waals surface area contributed by atoms with Gasteiger partial charge in [0.15, 0.2) is 5.16 Å². The zero-order valence-corrected chi connectivity index (χ0v) is 14.9. The van der Waals surface area contributed by atoms with E-state index in [2.05, 4.69) is 15.2 Å². The van der Waals surface area contributed by atoms with Crippen LogP contribution in [0.2, 0.25) is 0 Å². The molecule has 0 spiro atoms. The Morgan fingerprint density at radius 1 is 1.07 bits per heavy atom. The predicted molar refractivity (Wildman–Crippen MR) is 98.9 cm³/mol. The Bertz CT molecular complexity index is 1120. The number of aromatic nitrogens is 5. The largest absolute Gasteiger partial charge is 0.344 e. The van der Waals surface area contributed by atoms with Gasteiger partial charge in [0.05, 0.1) is 23.3 Å². The van der Waals surface area contributed by atoms with Crippen LogP contribution in [0.3, 0.4) is 0 Å². The van der Waals surface area contributed by atoms with E-state index in [1.54, 1.807) is 24.3 Å². The van der Waals surface area contributed by atoms with Crippen LogP contribution in [-0.2, 0) is 12.3 Å². The molecule has 138 valence electrons. The molecule has 2 aromatic heterocycles. The maximum absolute atomic E-state index is 13.5. The van der Waals surface area contributed by atoms with Gasteiger partial charge >= 0.3 is 12.2 Å². The minimum absolute atomic E-state index is 0.165. The highest BCUT2D eigenvalue weighted by Gasteiger charge is 2.19. The van der Waals surface area contributed by atoms with Gasteiger partial charge in [-0.25, -0.2) is 14.9 Å². The van der Waals surface area contributed by atoms with Crippen LogP contribution in [0.5, 0.6) is 0 Å². The van der Waals surface area contributed by atoms with Gasteiger partial charge in [-0.3, -0.25) is 9.13 Å². The third-order valence-electron chi connectivity index (χ3n) is 4.10. The third-order valence-corrected chi connectivity index (χ3v) is 5.07. The van der Waals surface area contributed by atoms with Gasteiger partial charge in [-0.1, -0.05) is 54.2 Å². The first-order valence-corrected chi connectivity index (χ1v) is 9.18. The number of alkyl halides is 2. The summed E-state index contributed by atoms with van der Waals surface area (Å²) >= 11 is 1.19. The number of H-pyrrole nitrogens is 1. The van der Waals surface area contributed by atoms with Gasteiger partial charge in [-0.05, 0) is 17.7 Å². The highest BCUT2D eigenvalue weighted by Crippen LogP contribution is 2.27. The van der Waals surface area contributed by atoms with E-state index in [1.165, 1.54) is 16.3 Å². The number of para-hydroxylation sites is 2. The molecule has 0 saturated carbocycles. The van der Waals surface area contributed by atoms with E-state index in [9.17, 15) is 13.6 Å². The molecule has 1 N–H and O–H groups in total. The van der Waals surface area contributed by atoms with Crippen molar-refractivity contribution in [3.63, 3.8) is 0 Å². The van der Waals surface area contributed by atoms with Crippen molar-refractivity contribution in [2.24, 2.45) is 0 Å². The summed E-state index contributed by atoms with van der Waals surface area (Å²) in [6.45, 7) is -2.34. The lowest BCUT2D eigenvalue weighted by Gasteiger charge is -2.08. The molecule has 0 unspecified atom stereocenters. The molecule has 9 heteroatoms. The van der Waals surface area contributed by atoms with Crippen LogP contribution in [0.25, 0.3) is 11.0 Å². The number of hydrogen-bond donors (Lipinski definition) is 1. The number of hydrogen-bond acceptors (Lipinski definition) is 4. The highest BCUT2D eigenvalue weighted by atomic mass is 32.2. The number of thioether (sulfide) groups is 1. The summed E-state index contributed by atoms with van der Waals surface area (Å²) in [5.41, 5.74) is 1.50. The van der Waals surface area contributed by atoms with Crippen molar-refractivity contribution in [3.8, 4) is 0 Å². The molecule has 2 aromatic carbocycles. The number of benzene rings is 2. The predicted octanol–water partition coefficient (Wildman–Crippen LogP) is 3.66. The Hall–Kier alpha value is -2.94. The van der Waals surface area contributed by atoms with E-state index in [0.29, 0.717) is 22.7 Å². The van der Waals surface area contributed by atoms with E-state index >= 15 is 0 Å². The minimum atomic E-state index is -2.70. The normalized spacial score (nSPS) is 11.5. The lowest BCUT2D eigenvalue weighted by molar-refractivity contribution is 0.0722. The molecule has 27 heavy (non-hydrogen) atoms. The van der Waals surface area contributed by atoms with Crippen molar-refractivity contribution in [3.05, 3.63) is 76.5 Å². The van der Waals surface area contributed by atoms with Gasteiger partial charge in [-0.2, -0.15) is 8.78 Å². The van der Waals surface area contributed by atoms with E-state index in [-0.39, 0.29) is 17.3 Å². The summed E-state index contributed by atoms with van der Waals surface area (Å²) < 4.78 is 29.4. The summed E-state index contributed by atoms with van der Waals surface area (Å²) in [4.78, 5) is 16.4. The van der Waals surface area contributed by atoms with Gasteiger partial charge in [0.25, 0.3) is 0 Å². The van der Waals surface area contributed by atoms with Gasteiger partial charge in [0.1, 0.15) is 5.82 Å². The number of halogens is 2. The van der Waals surface area contributed by atoms with Crippen molar-refractivity contribution >= 4 is 22.8 Å². The quantitative estimate of drug-likeness (QED) is 0.513. The molecule has 0 fully saturated rings. The zero-order chi connectivity index (χ0) is 18.8. The molecular weight excluding hydrogens is 372 g/mol. The number of nitrogens with one attached hydrogen (secondary N) is 1. The fourth-order valence-electron chi connectivity index (χ4n) is 2.86. The lowest BCUT2D eigenvalue weighted by Crippen LogP contribution is -2.18. The maximum Gasteiger partial charge on any atom is 0.344 e. The molecule has 0 amide bonds. The first-order chi connectivity index (χ1) is 13.1. The molecule has 4 rings (SSSR count). The van der Waals surface area contributed by atoms with E-state index in [4.69, 9.17) is 0 Å². The fraction of sp³-hybridized carbons (Fsp3) is 0.167. The van der Waals surface area contributed by atoms with Gasteiger partial charge in [0, 0.05) is 0 Å². The molecule has 0 saturated heterocycles. The number of imidazole rings is 1. The fourth-order valence-corrected chi connectivity index (χ4v) is 3.74. The molecule has 0 atom stereocenters. The van der Waals surface area contributed by atoms with Gasteiger partial charge in [-0.15, -0.1) is 5.10 Å². The van der Waals surface area contributed by atoms with Crippen molar-refractivity contribution in [1.29, 1.82) is 0 Å². The number of rotatable bonds is 6. The van der Waals surface area contributed by atoms with Crippen molar-refractivity contribution < 1.29 is 8.78 Å². The van der Waals surface area contributed by atoms with Crippen LogP contribution < -0.4 is 5.69 Å². The monoisotopic (exact) mass is 387 g/mol. The minimum Gasteiger partial charge on any atom is -0.269 e. The topological polar surface area (TPSA) is 68.5 Å². The van der Waals surface area contributed by atoms with Crippen LogP contribution in [0.4, 0.5) is 8.78 Å². The summed E-state index contributed by atoms with van der Waals surface area (Å²) in [6, 6.07) is 16.3. The highest BCUT2D eigenvalue weighted by molar-refractivity contribution is 7.98. The average molecular weight is 387 g/mol. The molecule has 0 aliphatic heterocycles. The van der Waals surface area contributed by atoms with E-state index in [1.807, 2.05) is 30.3 Å². The smallest absolute Gasteiger partial charge is 0.269 e. The molecule has 0 aliphatic carbocycles. The number of nitrogens with zero attached hydrogens (tertiary/aromatic N) is 4. The molecular formula is C18H15F2N5OS. The second-order valence-electron chi connectivity index (χ2n) is 5.84. The Morgan fingerprint density at radius 2 is 1.81 bits per heavy atom. The average Bonchev–Trinajstić information content (AvgIpc) is 3.21. The van der Waals surface area contributed by atoms with Crippen molar-refractivity contribution in [2.75, 3.05) is 0 Å². The third kappa shape index (κ3) is 3.50. The van der Waals surface area contributed by atoms with Crippen LogP contribution in [0.15, 0.2) is 64.5 Å². The van der Waals surface area contributed by atoms with Crippen LogP contribution in [-0.4, -0.2) is 24.3 Å². The summed E-state index contributed by atoms with van der Waals surface area (Å²) in [6.07, 6.45) is 0. The zero-order valence-electron chi connectivity index (χ0n) is 14.0. The van der Waals surface area contributed by atoms with Crippen LogP contribution in [0, 0.1) is 0 Å². The van der Waals surface area contributed by atoms with E-state index < -0.39 is 6.55 Å². The first kappa shape index (κ1) is 17.5. The SMILES string of the molecule is O=c1[nH]nc(SCc2nc3ccccc3n2C(F)F)n1Cc1ccccc1. The number of fused-ring (bicyclic) bond motifs is 1. The summed E-state index contributed by atoms with van der Waals surface area (Å²) in [5, 5.41) is 6.87. The Labute approximate surface area is 156 Å². The maximum atomic E-state index is 13.5. The second-order valence-corrected chi connectivity index (χ2v) is 6.78. The van der Waals surface area contributed by atoms with Crippen molar-refractivity contribution in [1.82, 2.24) is 24.3 Å².